The molecule has 0 bridgehead atoms. The molecule has 11 heteroatoms. The van der Waals surface area contributed by atoms with Crippen molar-refractivity contribution in [3.05, 3.63) is 0 Å². The van der Waals surface area contributed by atoms with Gasteiger partial charge in [0.15, 0.2) is 0 Å². The molecule has 0 saturated carbocycles. The lowest BCUT2D eigenvalue weighted by molar-refractivity contribution is 0.164. The Morgan fingerprint density at radius 2 is 2.00 bits per heavy atom. The van der Waals surface area contributed by atoms with Crippen molar-refractivity contribution in [1.82, 2.24) is 15.3 Å². The maximum atomic E-state index is 11.4. The fraction of sp³-hybridized carbons (Fsp3) is 0.429. The molecule has 18 heavy (non-hydrogen) atoms. The monoisotopic (exact) mass is 295 g/mol. The summed E-state index contributed by atoms with van der Waals surface area (Å²) < 4.78 is 22.1. The summed E-state index contributed by atoms with van der Waals surface area (Å²) >= 11 is 0. The Hall–Kier alpha value is -1.59. The number of amides is 3. The van der Waals surface area contributed by atoms with Crippen molar-refractivity contribution in [2.75, 3.05) is 14.1 Å². The van der Waals surface area contributed by atoms with Gasteiger partial charge in [-0.05, 0) is 0 Å². The van der Waals surface area contributed by atoms with Crippen LogP contribution >= 0.6 is 0 Å². The predicted octanol–water partition coefficient (Wildman–Crippen LogP) is -0.916. The molecule has 0 radical (unpaired) electrons. The molecule has 0 atom stereocenters. The minimum Gasteiger partial charge on any atom is -0.464 e. The summed E-state index contributed by atoms with van der Waals surface area (Å²) in [7, 11) is -1.34. The Morgan fingerprint density at radius 3 is 2.39 bits per heavy atom. The molecule has 1 aliphatic heterocycles. The van der Waals surface area contributed by atoms with Gasteiger partial charge in [-0.2, -0.15) is 0 Å². The van der Waals surface area contributed by atoms with Crippen molar-refractivity contribution in [2.45, 2.75) is 6.92 Å². The number of amidine groups is 1. The maximum Gasteiger partial charge on any atom is 0.426 e. The SMILES string of the molecule is CC1=[S-](=S(=O)=O)C(=NC(=O)N(C)C)N(C(=O)O)N1. The third kappa shape index (κ3) is 2.80. The lowest BCUT2D eigenvalue weighted by Gasteiger charge is -2.18. The molecular weight excluding hydrogens is 284 g/mol. The van der Waals surface area contributed by atoms with E-state index in [4.69, 9.17) is 5.11 Å². The number of urea groups is 1. The molecule has 1 heterocycles. The summed E-state index contributed by atoms with van der Waals surface area (Å²) in [6, 6.07) is -0.740. The Labute approximate surface area is 105 Å². The highest BCUT2D eigenvalue weighted by Gasteiger charge is 2.20. The van der Waals surface area contributed by atoms with E-state index in [1.807, 2.05) is 0 Å². The first-order valence-corrected chi connectivity index (χ1v) is 7.34. The van der Waals surface area contributed by atoms with Crippen LogP contribution in [0.5, 0.6) is 0 Å². The fourth-order valence-corrected chi connectivity index (χ4v) is 3.68. The first-order valence-electron chi connectivity index (χ1n) is 4.53. The molecule has 0 aromatic heterocycles. The van der Waals surface area contributed by atoms with Gasteiger partial charge in [-0.3, -0.25) is 9.04 Å². The number of nitrogens with one attached hydrogen (secondary N) is 1. The normalized spacial score (nSPS) is 18.3. The summed E-state index contributed by atoms with van der Waals surface area (Å²) in [6.07, 6.45) is -1.44. The molecule has 0 aromatic carbocycles. The van der Waals surface area contributed by atoms with E-state index < -0.39 is 30.4 Å². The number of rotatable bonds is 0. The van der Waals surface area contributed by atoms with Gasteiger partial charge in [-0.15, -0.1) is 0 Å². The Bertz CT molecular complexity index is 618. The largest absolute Gasteiger partial charge is 0.464 e. The predicted molar refractivity (Wildman–Crippen MR) is 66.5 cm³/mol. The van der Waals surface area contributed by atoms with Crippen LogP contribution in [0, 0.1) is 0 Å². The van der Waals surface area contributed by atoms with Gasteiger partial charge in [0, 0.05) is 14.1 Å². The topological polar surface area (TPSA) is 119 Å². The molecule has 0 aromatic rings. The summed E-state index contributed by atoms with van der Waals surface area (Å²) in [5, 5.41) is 9.07. The molecule has 0 aliphatic carbocycles. The van der Waals surface area contributed by atoms with E-state index in [2.05, 4.69) is 10.4 Å². The zero-order valence-corrected chi connectivity index (χ0v) is 11.4. The van der Waals surface area contributed by atoms with Crippen LogP contribution in [0.1, 0.15) is 6.92 Å². The number of hydrogen-bond donors (Lipinski definition) is 2. The zero-order chi connectivity index (χ0) is 14.0. The smallest absolute Gasteiger partial charge is 0.426 e. The Balaban J connectivity index is 3.47. The third-order valence-corrected chi connectivity index (χ3v) is 5.34. The van der Waals surface area contributed by atoms with E-state index in [1.54, 1.807) is 0 Å². The van der Waals surface area contributed by atoms with Gasteiger partial charge in [0.05, 0.1) is 14.4 Å². The summed E-state index contributed by atoms with van der Waals surface area (Å²) in [4.78, 5) is 27.2. The van der Waals surface area contributed by atoms with E-state index in [0.717, 1.165) is 4.90 Å². The maximum absolute atomic E-state index is 11.4. The highest BCUT2D eigenvalue weighted by Crippen LogP contribution is 2.03. The molecule has 0 spiro atoms. The molecule has 1 rings (SSSR count). The van der Waals surface area contributed by atoms with E-state index in [1.165, 1.54) is 21.0 Å². The third-order valence-electron chi connectivity index (χ3n) is 1.81. The van der Waals surface area contributed by atoms with E-state index in [9.17, 15) is 18.0 Å². The van der Waals surface area contributed by atoms with Crippen LogP contribution in [-0.2, 0) is 18.3 Å². The van der Waals surface area contributed by atoms with Crippen molar-refractivity contribution < 1.29 is 23.1 Å². The summed E-state index contributed by atoms with van der Waals surface area (Å²) in [5.74, 6) is 0. The van der Waals surface area contributed by atoms with Crippen LogP contribution in [0.2, 0.25) is 0 Å². The molecule has 9 nitrogen and oxygen atoms in total. The lowest BCUT2D eigenvalue weighted by atomic mass is 10.8. The number of carboxylic acid groups (broad SMARTS) is 1. The van der Waals surface area contributed by atoms with Gasteiger partial charge in [0.25, 0.3) is 0 Å². The number of nitrogens with zero attached hydrogens (tertiary/aromatic N) is 3. The summed E-state index contributed by atoms with van der Waals surface area (Å²) in [5.41, 5.74) is 2.35. The van der Waals surface area contributed by atoms with Crippen LogP contribution in [0.4, 0.5) is 9.59 Å². The Kier molecular flexibility index (Phi) is 4.32. The van der Waals surface area contributed by atoms with Crippen LogP contribution in [0.15, 0.2) is 4.99 Å². The van der Waals surface area contributed by atoms with Gasteiger partial charge < -0.3 is 10.0 Å². The van der Waals surface area contributed by atoms with Gasteiger partial charge >= 0.3 is 12.1 Å². The van der Waals surface area contributed by atoms with E-state index in [-0.39, 0.29) is 10.2 Å². The number of carbonyl (C=O) groups is 2. The Morgan fingerprint density at radius 1 is 1.44 bits per heavy atom. The van der Waals surface area contributed by atoms with Gasteiger partial charge in [-0.25, -0.2) is 33.4 Å². The van der Waals surface area contributed by atoms with Crippen LogP contribution < -0.4 is 5.43 Å². The quantitative estimate of drug-likeness (QED) is 0.441. The van der Waals surface area contributed by atoms with Crippen LogP contribution in [0.3, 0.4) is 0 Å². The minimum absolute atomic E-state index is 0.191. The second-order valence-electron chi connectivity index (χ2n) is 3.33. The second kappa shape index (κ2) is 5.37. The molecular formula is C7H11N4O5S2-. The highest BCUT2D eigenvalue weighted by molar-refractivity contribution is 8.40. The fourth-order valence-electron chi connectivity index (χ4n) is 1.03. The van der Waals surface area contributed by atoms with Gasteiger partial charge in [0.1, 0.15) is 0 Å². The van der Waals surface area contributed by atoms with Crippen LogP contribution in [-0.4, -0.2) is 59.8 Å². The van der Waals surface area contributed by atoms with Crippen molar-refractivity contribution in [3.63, 3.8) is 0 Å². The van der Waals surface area contributed by atoms with Gasteiger partial charge in [0.2, 0.25) is 0 Å². The van der Waals surface area contributed by atoms with Gasteiger partial charge in [-0.1, -0.05) is 11.9 Å². The first kappa shape index (κ1) is 14.5. The van der Waals surface area contributed by atoms with Crippen molar-refractivity contribution in [3.8, 4) is 0 Å². The number of hydrogen-bond acceptors (Lipinski definition) is 6. The minimum atomic E-state index is -2.60. The summed E-state index contributed by atoms with van der Waals surface area (Å²) in [6.45, 7) is 1.41. The van der Waals surface area contributed by atoms with E-state index >= 15 is 0 Å². The molecule has 0 saturated heterocycles. The van der Waals surface area contributed by atoms with Crippen molar-refractivity contribution in [2.24, 2.45) is 4.99 Å². The molecule has 2 N–H and O–H groups in total. The first-order chi connectivity index (χ1) is 8.25. The standard InChI is InChI=1S/C7H11N4O5S2/c1-4-9-11(7(13)14)6(17(4)18(15)16)8-5(12)10(2)3/h9H,1-3H3,(H,13,14)/q-1. The zero-order valence-electron chi connectivity index (χ0n) is 9.74. The van der Waals surface area contributed by atoms with Crippen LogP contribution in [0.25, 0.3) is 0 Å². The number of hydrazine groups is 1. The van der Waals surface area contributed by atoms with Crippen molar-refractivity contribution in [1.29, 1.82) is 0 Å². The average Bonchev–Trinajstić information content (AvgIpc) is 2.55. The van der Waals surface area contributed by atoms with Crippen molar-refractivity contribution >= 4 is 40.6 Å². The molecule has 0 unspecified atom stereocenters. The molecule has 3 amide bonds. The molecule has 0 fully saturated rings. The highest BCUT2D eigenvalue weighted by atomic mass is 32.8. The lowest BCUT2D eigenvalue weighted by Crippen LogP contribution is -2.42. The molecule has 1 aliphatic rings. The number of carbonyl (C=O) groups excluding carboxylic acids is 1. The van der Waals surface area contributed by atoms with E-state index in [0.29, 0.717) is 5.01 Å². The number of aliphatic imine (C=N–C) groups is 1. The second-order valence-corrected chi connectivity index (χ2v) is 7.07. The molecule has 102 valence electrons. The average molecular weight is 295 g/mol.